The van der Waals surface area contributed by atoms with Gasteiger partial charge in [-0.25, -0.2) is 17.6 Å². The Labute approximate surface area is 197 Å². The van der Waals surface area contributed by atoms with Gasteiger partial charge >= 0.3 is 6.09 Å². The summed E-state index contributed by atoms with van der Waals surface area (Å²) in [5, 5.41) is 0. The molecule has 0 saturated carbocycles. The minimum atomic E-state index is -3.33. The van der Waals surface area contributed by atoms with Crippen LogP contribution in [0.25, 0.3) is 11.1 Å². The summed E-state index contributed by atoms with van der Waals surface area (Å²) in [4.78, 5) is 28.7. The molecule has 0 aliphatic carbocycles. The average molecular weight is 483 g/mol. The fraction of sp³-hybridized carbons (Fsp3) is 0.200. The van der Waals surface area contributed by atoms with Crippen LogP contribution in [-0.4, -0.2) is 39.3 Å². The van der Waals surface area contributed by atoms with Crippen molar-refractivity contribution in [2.24, 2.45) is 0 Å². The molecule has 0 radical (unpaired) electrons. The third kappa shape index (κ3) is 4.65. The normalized spacial score (nSPS) is 15.6. The van der Waals surface area contributed by atoms with Crippen molar-refractivity contribution in [3.05, 3.63) is 72.5 Å². The molecule has 1 atom stereocenters. The molecule has 0 fully saturated rings. The van der Waals surface area contributed by atoms with Crippen molar-refractivity contribution in [3.63, 3.8) is 0 Å². The molecule has 0 saturated heterocycles. The van der Waals surface area contributed by atoms with E-state index in [9.17, 15) is 22.4 Å². The molecule has 0 spiro atoms. The van der Waals surface area contributed by atoms with Crippen LogP contribution in [0.2, 0.25) is 0 Å². The third-order valence-corrected chi connectivity index (χ3v) is 6.74. The molecular formula is C25H23FN2O5S. The number of carbonyl (C=O) groups is 2. The second kappa shape index (κ2) is 8.90. The van der Waals surface area contributed by atoms with Crippen LogP contribution in [0.3, 0.4) is 0 Å². The molecule has 3 aromatic carbocycles. The van der Waals surface area contributed by atoms with Crippen molar-refractivity contribution in [2.75, 3.05) is 22.6 Å². The minimum absolute atomic E-state index is 0.162. The van der Waals surface area contributed by atoms with E-state index in [1.807, 2.05) is 13.0 Å². The summed E-state index contributed by atoms with van der Waals surface area (Å²) in [5.74, 6) is -0.409. The molecule has 2 amide bonds. The van der Waals surface area contributed by atoms with Gasteiger partial charge < -0.3 is 9.64 Å². The lowest BCUT2D eigenvalue weighted by molar-refractivity contribution is -0.117. The zero-order valence-electron chi connectivity index (χ0n) is 18.9. The van der Waals surface area contributed by atoms with Crippen LogP contribution in [0.1, 0.15) is 13.8 Å². The third-order valence-electron chi connectivity index (χ3n) is 5.61. The number of fused-ring (bicyclic) bond motifs is 1. The summed E-state index contributed by atoms with van der Waals surface area (Å²) in [6.45, 7) is 3.49. The predicted octanol–water partition coefficient (Wildman–Crippen LogP) is 4.66. The zero-order valence-corrected chi connectivity index (χ0v) is 19.7. The van der Waals surface area contributed by atoms with E-state index in [0.29, 0.717) is 11.4 Å². The Morgan fingerprint density at radius 3 is 2.15 bits per heavy atom. The zero-order chi connectivity index (χ0) is 24.6. The van der Waals surface area contributed by atoms with Gasteiger partial charge in [0.05, 0.1) is 22.3 Å². The van der Waals surface area contributed by atoms with E-state index in [2.05, 4.69) is 0 Å². The Bertz CT molecular complexity index is 1360. The number of rotatable bonds is 3. The first-order chi connectivity index (χ1) is 16.0. The molecule has 1 aliphatic rings. The molecule has 34 heavy (non-hydrogen) atoms. The molecule has 0 aromatic heterocycles. The lowest BCUT2D eigenvalue weighted by Crippen LogP contribution is -2.52. The molecule has 3 aromatic rings. The smallest absolute Gasteiger partial charge is 0.410 e. The van der Waals surface area contributed by atoms with Gasteiger partial charge in [-0.3, -0.25) is 9.69 Å². The maximum Gasteiger partial charge on any atom is 0.419 e. The molecule has 7 nitrogen and oxygen atoms in total. The topological polar surface area (TPSA) is 84.0 Å². The molecular weight excluding hydrogens is 459 g/mol. The van der Waals surface area contributed by atoms with E-state index >= 15 is 0 Å². The van der Waals surface area contributed by atoms with Gasteiger partial charge in [0, 0.05) is 19.7 Å². The van der Waals surface area contributed by atoms with Gasteiger partial charge in [0.25, 0.3) is 0 Å². The van der Waals surface area contributed by atoms with Gasteiger partial charge in [-0.1, -0.05) is 18.2 Å². The number of benzene rings is 3. The molecule has 4 rings (SSSR count). The number of amides is 2. The van der Waals surface area contributed by atoms with Gasteiger partial charge in [0.15, 0.2) is 9.84 Å². The lowest BCUT2D eigenvalue weighted by atomic mass is 10.0. The number of carbonyl (C=O) groups excluding carboxylic acids is 2. The summed E-state index contributed by atoms with van der Waals surface area (Å²) in [6.07, 6.45) is 0.482. The van der Waals surface area contributed by atoms with E-state index in [1.165, 1.54) is 48.2 Å². The second-order valence-corrected chi connectivity index (χ2v) is 10.2. The summed E-state index contributed by atoms with van der Waals surface area (Å²) >= 11 is 0. The first-order valence-electron chi connectivity index (χ1n) is 10.5. The SMILES string of the molecule is CC(=O)N1c2ccc(-c3ccc(S(C)(=O)=O)cc3)cc2N(C(=O)Oc2ccc(F)cc2)CC1C. The highest BCUT2D eigenvalue weighted by atomic mass is 32.2. The van der Waals surface area contributed by atoms with Crippen molar-refractivity contribution >= 4 is 33.2 Å². The first kappa shape index (κ1) is 23.4. The van der Waals surface area contributed by atoms with E-state index in [-0.39, 0.29) is 29.1 Å². The van der Waals surface area contributed by atoms with Crippen LogP contribution in [-0.2, 0) is 14.6 Å². The average Bonchev–Trinajstić information content (AvgIpc) is 2.79. The van der Waals surface area contributed by atoms with E-state index < -0.39 is 21.7 Å². The van der Waals surface area contributed by atoms with Gasteiger partial charge in [0.1, 0.15) is 11.6 Å². The van der Waals surface area contributed by atoms with E-state index in [0.717, 1.165) is 17.4 Å². The maximum absolute atomic E-state index is 13.2. The highest BCUT2D eigenvalue weighted by molar-refractivity contribution is 7.90. The quantitative estimate of drug-likeness (QED) is 0.542. The summed E-state index contributed by atoms with van der Waals surface area (Å²) < 4.78 is 42.2. The largest absolute Gasteiger partial charge is 0.419 e. The molecule has 1 unspecified atom stereocenters. The fourth-order valence-electron chi connectivity index (χ4n) is 4.01. The monoisotopic (exact) mass is 482 g/mol. The van der Waals surface area contributed by atoms with Crippen LogP contribution < -0.4 is 14.5 Å². The van der Waals surface area contributed by atoms with Crippen LogP contribution >= 0.6 is 0 Å². The number of nitrogens with zero attached hydrogens (tertiary/aromatic N) is 2. The van der Waals surface area contributed by atoms with Gasteiger partial charge in [-0.15, -0.1) is 0 Å². The Kier molecular flexibility index (Phi) is 6.14. The van der Waals surface area contributed by atoms with E-state index in [1.54, 1.807) is 29.2 Å². The van der Waals surface area contributed by atoms with Crippen LogP contribution in [0.4, 0.5) is 20.6 Å². The van der Waals surface area contributed by atoms with Gasteiger partial charge in [0.2, 0.25) is 5.91 Å². The number of sulfone groups is 1. The van der Waals surface area contributed by atoms with Gasteiger partial charge in [-0.05, 0) is 66.6 Å². The standard InChI is InChI=1S/C25H23FN2O5S/c1-16-15-27(25(30)33-21-9-7-20(26)8-10-21)24-14-19(6-13-23(24)28(16)17(2)29)18-4-11-22(12-5-18)34(3,31)32/h4-14,16H,15H2,1-3H3. The van der Waals surface area contributed by atoms with Crippen molar-refractivity contribution in [3.8, 4) is 16.9 Å². The number of halogens is 1. The molecule has 9 heteroatoms. The second-order valence-electron chi connectivity index (χ2n) is 8.17. The number of hydrogen-bond donors (Lipinski definition) is 0. The van der Waals surface area contributed by atoms with Crippen LogP contribution in [0.5, 0.6) is 5.75 Å². The Hall–Kier alpha value is -3.72. The molecule has 176 valence electrons. The molecule has 1 aliphatic heterocycles. The molecule has 0 N–H and O–H groups in total. The first-order valence-corrected chi connectivity index (χ1v) is 12.4. The number of ether oxygens (including phenoxy) is 1. The number of hydrogen-bond acceptors (Lipinski definition) is 5. The molecule has 0 bridgehead atoms. The lowest BCUT2D eigenvalue weighted by Gasteiger charge is -2.40. The van der Waals surface area contributed by atoms with Crippen molar-refractivity contribution < 1.29 is 27.1 Å². The number of anilines is 2. The fourth-order valence-corrected chi connectivity index (χ4v) is 4.64. The predicted molar refractivity (Wildman–Crippen MR) is 127 cm³/mol. The highest BCUT2D eigenvalue weighted by Crippen LogP contribution is 2.39. The summed E-state index contributed by atoms with van der Waals surface area (Å²) in [6, 6.07) is 16.6. The summed E-state index contributed by atoms with van der Waals surface area (Å²) in [5.41, 5.74) is 2.51. The van der Waals surface area contributed by atoms with Gasteiger partial charge in [-0.2, -0.15) is 0 Å². The Morgan fingerprint density at radius 1 is 0.941 bits per heavy atom. The van der Waals surface area contributed by atoms with Crippen LogP contribution in [0.15, 0.2) is 71.6 Å². The van der Waals surface area contributed by atoms with E-state index in [4.69, 9.17) is 4.74 Å². The Morgan fingerprint density at radius 2 is 1.56 bits per heavy atom. The summed E-state index contributed by atoms with van der Waals surface area (Å²) in [7, 11) is -3.33. The van der Waals surface area contributed by atoms with Crippen molar-refractivity contribution in [1.82, 2.24) is 0 Å². The van der Waals surface area contributed by atoms with Crippen molar-refractivity contribution in [2.45, 2.75) is 24.8 Å². The highest BCUT2D eigenvalue weighted by Gasteiger charge is 2.34. The maximum atomic E-state index is 13.2. The minimum Gasteiger partial charge on any atom is -0.410 e. The Balaban J connectivity index is 1.74. The van der Waals surface area contributed by atoms with Crippen molar-refractivity contribution in [1.29, 1.82) is 0 Å². The molecule has 1 heterocycles. The van der Waals surface area contributed by atoms with Crippen LogP contribution in [0, 0.1) is 5.82 Å².